The maximum absolute atomic E-state index is 4.15. The van der Waals surface area contributed by atoms with E-state index in [1.54, 1.807) is 11.3 Å². The standard InChI is InChI=1S/C13H20BrN5S/c1-3-15-7-12-8-19(17-16-12)5-4-18(2)9-13-6-11(14)10-20-13/h6,8,10,15H,3-5,7,9H2,1-2H3. The van der Waals surface area contributed by atoms with Crippen LogP contribution >= 0.6 is 27.3 Å². The van der Waals surface area contributed by atoms with Gasteiger partial charge in [-0.15, -0.1) is 16.4 Å². The van der Waals surface area contributed by atoms with Gasteiger partial charge in [0, 0.05) is 40.6 Å². The van der Waals surface area contributed by atoms with Crippen LogP contribution in [0, 0.1) is 0 Å². The molecule has 0 fully saturated rings. The van der Waals surface area contributed by atoms with Crippen LogP contribution in [-0.2, 0) is 19.6 Å². The number of hydrogen-bond donors (Lipinski definition) is 1. The molecular formula is C13H20BrN5S. The van der Waals surface area contributed by atoms with Crippen LogP contribution < -0.4 is 5.32 Å². The van der Waals surface area contributed by atoms with Crippen molar-refractivity contribution >= 4 is 27.3 Å². The van der Waals surface area contributed by atoms with Crippen LogP contribution in [0.5, 0.6) is 0 Å². The lowest BCUT2D eigenvalue weighted by Crippen LogP contribution is -2.22. The highest BCUT2D eigenvalue weighted by atomic mass is 79.9. The zero-order valence-corrected chi connectivity index (χ0v) is 14.2. The number of aromatic nitrogens is 3. The molecule has 0 aliphatic carbocycles. The van der Waals surface area contributed by atoms with Crippen LogP contribution in [0.25, 0.3) is 0 Å². The molecule has 0 unspecified atom stereocenters. The molecule has 2 aromatic heterocycles. The van der Waals surface area contributed by atoms with E-state index in [1.807, 2.05) is 10.9 Å². The first-order valence-corrected chi connectivity index (χ1v) is 8.36. The van der Waals surface area contributed by atoms with Crippen molar-refractivity contribution in [2.24, 2.45) is 0 Å². The molecule has 1 N–H and O–H groups in total. The monoisotopic (exact) mass is 357 g/mol. The van der Waals surface area contributed by atoms with Gasteiger partial charge in [-0.2, -0.15) is 0 Å². The van der Waals surface area contributed by atoms with Gasteiger partial charge < -0.3 is 5.32 Å². The van der Waals surface area contributed by atoms with Gasteiger partial charge in [0.25, 0.3) is 0 Å². The number of hydrogen-bond acceptors (Lipinski definition) is 5. The normalized spacial score (nSPS) is 11.4. The molecule has 0 bridgehead atoms. The van der Waals surface area contributed by atoms with Crippen molar-refractivity contribution in [3.05, 3.63) is 32.7 Å². The maximum atomic E-state index is 4.15. The zero-order chi connectivity index (χ0) is 14.4. The summed E-state index contributed by atoms with van der Waals surface area (Å²) in [7, 11) is 2.13. The summed E-state index contributed by atoms with van der Waals surface area (Å²) in [5.41, 5.74) is 0.997. The van der Waals surface area contributed by atoms with Crippen molar-refractivity contribution in [1.82, 2.24) is 25.2 Å². The molecule has 0 aliphatic heterocycles. The third kappa shape index (κ3) is 4.97. The Bertz CT molecular complexity index is 524. The van der Waals surface area contributed by atoms with Crippen LogP contribution in [0.4, 0.5) is 0 Å². The summed E-state index contributed by atoms with van der Waals surface area (Å²) in [6, 6.07) is 2.17. The van der Waals surface area contributed by atoms with Gasteiger partial charge in [-0.25, -0.2) is 0 Å². The molecule has 2 rings (SSSR count). The summed E-state index contributed by atoms with van der Waals surface area (Å²) in [4.78, 5) is 3.66. The number of nitrogens with zero attached hydrogens (tertiary/aromatic N) is 4. The molecule has 2 heterocycles. The zero-order valence-electron chi connectivity index (χ0n) is 11.8. The molecule has 0 atom stereocenters. The molecule has 110 valence electrons. The topological polar surface area (TPSA) is 46.0 Å². The molecule has 5 nitrogen and oxygen atoms in total. The van der Waals surface area contributed by atoms with Crippen LogP contribution in [0.1, 0.15) is 17.5 Å². The van der Waals surface area contributed by atoms with Crippen molar-refractivity contribution in [1.29, 1.82) is 0 Å². The van der Waals surface area contributed by atoms with Gasteiger partial charge in [0.15, 0.2) is 0 Å². The summed E-state index contributed by atoms with van der Waals surface area (Å²) < 4.78 is 3.07. The Morgan fingerprint density at radius 2 is 2.35 bits per heavy atom. The summed E-state index contributed by atoms with van der Waals surface area (Å²) in [6.45, 7) is 6.61. The van der Waals surface area contributed by atoms with E-state index in [1.165, 1.54) is 4.88 Å². The minimum absolute atomic E-state index is 0.787. The highest BCUT2D eigenvalue weighted by Crippen LogP contribution is 2.20. The van der Waals surface area contributed by atoms with Crippen LogP contribution in [0.15, 0.2) is 22.1 Å². The molecule has 0 amide bonds. The minimum Gasteiger partial charge on any atom is -0.311 e. The molecule has 0 spiro atoms. The van der Waals surface area contributed by atoms with Gasteiger partial charge >= 0.3 is 0 Å². The van der Waals surface area contributed by atoms with Gasteiger partial charge in [0.1, 0.15) is 0 Å². The summed E-state index contributed by atoms with van der Waals surface area (Å²) in [5, 5.41) is 13.7. The number of likely N-dealkylation sites (N-methyl/N-ethyl adjacent to an activating group) is 1. The lowest BCUT2D eigenvalue weighted by molar-refractivity contribution is 0.306. The van der Waals surface area contributed by atoms with Crippen molar-refractivity contribution in [2.75, 3.05) is 20.1 Å². The number of rotatable bonds is 8. The Morgan fingerprint density at radius 3 is 3.05 bits per heavy atom. The maximum Gasteiger partial charge on any atom is 0.0964 e. The van der Waals surface area contributed by atoms with E-state index in [2.05, 4.69) is 61.9 Å². The lowest BCUT2D eigenvalue weighted by atomic mass is 10.4. The van der Waals surface area contributed by atoms with E-state index in [0.717, 1.165) is 42.9 Å². The fourth-order valence-electron chi connectivity index (χ4n) is 1.84. The Kier molecular flexibility index (Phi) is 6.15. The van der Waals surface area contributed by atoms with E-state index in [9.17, 15) is 0 Å². The van der Waals surface area contributed by atoms with Gasteiger partial charge in [0.05, 0.1) is 12.2 Å². The largest absolute Gasteiger partial charge is 0.311 e. The molecule has 0 saturated heterocycles. The van der Waals surface area contributed by atoms with E-state index in [4.69, 9.17) is 0 Å². The average Bonchev–Trinajstić information content (AvgIpc) is 3.03. The Balaban J connectivity index is 1.75. The first-order valence-electron chi connectivity index (χ1n) is 6.68. The average molecular weight is 358 g/mol. The van der Waals surface area contributed by atoms with Gasteiger partial charge in [-0.1, -0.05) is 12.1 Å². The van der Waals surface area contributed by atoms with Crippen molar-refractivity contribution in [3.63, 3.8) is 0 Å². The molecule has 2 aromatic rings. The fraction of sp³-hybridized carbons (Fsp3) is 0.538. The third-order valence-corrected chi connectivity index (χ3v) is 4.58. The third-order valence-electron chi connectivity index (χ3n) is 2.90. The van der Waals surface area contributed by atoms with Crippen molar-refractivity contribution in [3.8, 4) is 0 Å². The highest BCUT2D eigenvalue weighted by Gasteiger charge is 2.05. The van der Waals surface area contributed by atoms with E-state index in [0.29, 0.717) is 0 Å². The van der Waals surface area contributed by atoms with E-state index < -0.39 is 0 Å². The highest BCUT2D eigenvalue weighted by molar-refractivity contribution is 9.10. The quantitative estimate of drug-likeness (QED) is 0.787. The summed E-state index contributed by atoms with van der Waals surface area (Å²) in [6.07, 6.45) is 2.01. The fourth-order valence-corrected chi connectivity index (χ4v) is 3.37. The minimum atomic E-state index is 0.787. The molecule has 0 aromatic carbocycles. The van der Waals surface area contributed by atoms with Gasteiger partial charge in [-0.3, -0.25) is 9.58 Å². The molecule has 0 saturated carbocycles. The first-order chi connectivity index (χ1) is 9.67. The van der Waals surface area contributed by atoms with Crippen LogP contribution in [0.2, 0.25) is 0 Å². The number of halogens is 1. The molecule has 7 heteroatoms. The predicted molar refractivity (Wildman–Crippen MR) is 85.8 cm³/mol. The second-order valence-corrected chi connectivity index (χ2v) is 6.63. The Labute approximate surface area is 132 Å². The van der Waals surface area contributed by atoms with Crippen LogP contribution in [0.3, 0.4) is 0 Å². The molecular weight excluding hydrogens is 338 g/mol. The van der Waals surface area contributed by atoms with Crippen LogP contribution in [-0.4, -0.2) is 40.0 Å². The second-order valence-electron chi connectivity index (χ2n) is 4.72. The van der Waals surface area contributed by atoms with Gasteiger partial charge in [-0.05, 0) is 35.6 Å². The summed E-state index contributed by atoms with van der Waals surface area (Å²) in [5.74, 6) is 0. The first kappa shape index (κ1) is 15.6. The predicted octanol–water partition coefficient (Wildman–Crippen LogP) is 2.34. The lowest BCUT2D eigenvalue weighted by Gasteiger charge is -2.14. The number of thiophene rings is 1. The van der Waals surface area contributed by atoms with Gasteiger partial charge in [0.2, 0.25) is 0 Å². The number of nitrogens with one attached hydrogen (secondary N) is 1. The second kappa shape index (κ2) is 7.87. The van der Waals surface area contributed by atoms with Crippen molar-refractivity contribution in [2.45, 2.75) is 26.6 Å². The van der Waals surface area contributed by atoms with E-state index >= 15 is 0 Å². The molecule has 20 heavy (non-hydrogen) atoms. The Hall–Kier alpha value is -0.760. The molecule has 0 aliphatic rings. The SMILES string of the molecule is CCNCc1cn(CCN(C)Cc2cc(Br)cs2)nn1. The Morgan fingerprint density at radius 1 is 1.50 bits per heavy atom. The summed E-state index contributed by atoms with van der Waals surface area (Å²) >= 11 is 5.27. The van der Waals surface area contributed by atoms with E-state index in [-0.39, 0.29) is 0 Å². The molecule has 0 radical (unpaired) electrons. The smallest absolute Gasteiger partial charge is 0.0964 e. The van der Waals surface area contributed by atoms with Crippen molar-refractivity contribution < 1.29 is 0 Å².